The fraction of sp³-hybridized carbons (Fsp3) is 0.632. The Labute approximate surface area is 136 Å². The molecule has 4 heteroatoms. The third-order valence-electron chi connectivity index (χ3n) is 6.22. The first-order valence-corrected chi connectivity index (χ1v) is 8.77. The molecule has 1 aliphatic carbocycles. The minimum atomic E-state index is -0.528. The summed E-state index contributed by atoms with van der Waals surface area (Å²) in [5.41, 5.74) is 0.981. The van der Waals surface area contributed by atoms with E-state index in [4.69, 9.17) is 4.74 Å². The van der Waals surface area contributed by atoms with Gasteiger partial charge in [-0.25, -0.2) is 4.39 Å². The summed E-state index contributed by atoms with van der Waals surface area (Å²) in [4.78, 5) is 15.4. The molecule has 0 N–H and O–H groups in total. The third kappa shape index (κ3) is 2.67. The van der Waals surface area contributed by atoms with Gasteiger partial charge in [0.15, 0.2) is 0 Å². The second-order valence-corrected chi connectivity index (χ2v) is 7.49. The van der Waals surface area contributed by atoms with Gasteiger partial charge in [0.1, 0.15) is 5.82 Å². The van der Waals surface area contributed by atoms with Crippen LogP contribution in [0.25, 0.3) is 0 Å². The molecule has 4 rings (SSSR count). The molecule has 23 heavy (non-hydrogen) atoms. The molecule has 1 spiro atoms. The minimum absolute atomic E-state index is 0.225. The minimum Gasteiger partial charge on any atom is -0.381 e. The predicted octanol–water partition coefficient (Wildman–Crippen LogP) is 3.28. The number of carbonyl (C=O) groups excluding carboxylic acids is 1. The average Bonchev–Trinajstić information content (AvgIpc) is 3.35. The Kier molecular flexibility index (Phi) is 3.67. The lowest BCUT2D eigenvalue weighted by Crippen LogP contribution is -2.52. The first-order valence-electron chi connectivity index (χ1n) is 8.77. The Hall–Kier alpha value is -1.42. The molecule has 0 unspecified atom stereocenters. The molecule has 0 aromatic heterocycles. The summed E-state index contributed by atoms with van der Waals surface area (Å²) < 4.78 is 18.8. The summed E-state index contributed by atoms with van der Waals surface area (Å²) in [6, 6.07) is 6.50. The maximum Gasteiger partial charge on any atom is 0.233 e. The largest absolute Gasteiger partial charge is 0.381 e. The van der Waals surface area contributed by atoms with Crippen molar-refractivity contribution in [3.05, 3.63) is 35.6 Å². The number of ether oxygens (including phenoxy) is 1. The lowest BCUT2D eigenvalue weighted by molar-refractivity contribution is -0.143. The molecular formula is C19H24FNO2. The molecule has 0 bridgehead atoms. The zero-order chi connectivity index (χ0) is 15.9. The molecule has 0 atom stereocenters. The van der Waals surface area contributed by atoms with E-state index in [9.17, 15) is 9.18 Å². The van der Waals surface area contributed by atoms with E-state index in [0.29, 0.717) is 31.5 Å². The summed E-state index contributed by atoms with van der Waals surface area (Å²) >= 11 is 0. The topological polar surface area (TPSA) is 29.5 Å². The molecule has 0 radical (unpaired) electrons. The van der Waals surface area contributed by atoms with Crippen molar-refractivity contribution in [1.29, 1.82) is 0 Å². The number of likely N-dealkylation sites (tertiary alicyclic amines) is 1. The van der Waals surface area contributed by atoms with E-state index >= 15 is 0 Å². The quantitative estimate of drug-likeness (QED) is 0.838. The van der Waals surface area contributed by atoms with E-state index < -0.39 is 5.41 Å². The van der Waals surface area contributed by atoms with Crippen molar-refractivity contribution < 1.29 is 13.9 Å². The molecule has 1 amide bonds. The van der Waals surface area contributed by atoms with Gasteiger partial charge in [-0.15, -0.1) is 0 Å². The molecule has 2 aliphatic heterocycles. The average molecular weight is 317 g/mol. The number of nitrogens with zero attached hydrogens (tertiary/aromatic N) is 1. The number of hydrogen-bond acceptors (Lipinski definition) is 2. The van der Waals surface area contributed by atoms with E-state index in [1.54, 1.807) is 12.1 Å². The van der Waals surface area contributed by atoms with Crippen molar-refractivity contribution >= 4 is 5.91 Å². The molecule has 1 saturated carbocycles. The number of halogens is 1. The second-order valence-electron chi connectivity index (χ2n) is 7.49. The van der Waals surface area contributed by atoms with Crippen molar-refractivity contribution in [3.8, 4) is 0 Å². The van der Waals surface area contributed by atoms with Crippen LogP contribution in [0.3, 0.4) is 0 Å². The van der Waals surface area contributed by atoms with Gasteiger partial charge in [-0.2, -0.15) is 0 Å². The van der Waals surface area contributed by atoms with Crippen molar-refractivity contribution in [2.75, 3.05) is 26.3 Å². The van der Waals surface area contributed by atoms with Crippen molar-refractivity contribution in [2.45, 2.75) is 43.9 Å². The highest BCUT2D eigenvalue weighted by molar-refractivity contribution is 5.88. The molecule has 2 heterocycles. The Morgan fingerprint density at radius 1 is 0.957 bits per heavy atom. The highest BCUT2D eigenvalue weighted by atomic mass is 19.1. The number of amides is 1. The zero-order valence-corrected chi connectivity index (χ0v) is 13.5. The van der Waals surface area contributed by atoms with E-state index in [2.05, 4.69) is 4.90 Å². The van der Waals surface area contributed by atoms with Crippen LogP contribution in [0.15, 0.2) is 24.3 Å². The van der Waals surface area contributed by atoms with Gasteiger partial charge in [-0.1, -0.05) is 12.1 Å². The van der Waals surface area contributed by atoms with Gasteiger partial charge in [-0.3, -0.25) is 4.79 Å². The van der Waals surface area contributed by atoms with Crippen LogP contribution in [0.5, 0.6) is 0 Å². The van der Waals surface area contributed by atoms with Gasteiger partial charge >= 0.3 is 0 Å². The molecule has 1 aromatic rings. The summed E-state index contributed by atoms with van der Waals surface area (Å²) in [6.07, 6.45) is 6.36. The SMILES string of the molecule is O=C(N1CCC2(CC1)CC2)C1(c2ccc(F)cc2)CCOCC1. The first-order chi connectivity index (χ1) is 11.1. The molecule has 2 saturated heterocycles. The maximum absolute atomic E-state index is 13.4. The van der Waals surface area contributed by atoms with Gasteiger partial charge in [0.05, 0.1) is 5.41 Å². The van der Waals surface area contributed by atoms with Crippen LogP contribution in [0.1, 0.15) is 44.1 Å². The fourth-order valence-corrected chi connectivity index (χ4v) is 4.28. The molecule has 124 valence electrons. The zero-order valence-electron chi connectivity index (χ0n) is 13.5. The van der Waals surface area contributed by atoms with Crippen LogP contribution < -0.4 is 0 Å². The van der Waals surface area contributed by atoms with E-state index in [1.807, 2.05) is 0 Å². The van der Waals surface area contributed by atoms with E-state index in [1.165, 1.54) is 25.0 Å². The molecule has 3 nitrogen and oxygen atoms in total. The Balaban J connectivity index is 1.59. The van der Waals surface area contributed by atoms with Crippen molar-refractivity contribution in [1.82, 2.24) is 4.90 Å². The Bertz CT molecular complexity index is 578. The number of hydrogen-bond donors (Lipinski definition) is 0. The van der Waals surface area contributed by atoms with Gasteiger partial charge in [-0.05, 0) is 61.6 Å². The van der Waals surface area contributed by atoms with Gasteiger partial charge in [0.2, 0.25) is 5.91 Å². The summed E-state index contributed by atoms with van der Waals surface area (Å²) in [5, 5.41) is 0. The van der Waals surface area contributed by atoms with Crippen LogP contribution >= 0.6 is 0 Å². The van der Waals surface area contributed by atoms with E-state index in [-0.39, 0.29) is 11.7 Å². The third-order valence-corrected chi connectivity index (χ3v) is 6.22. The van der Waals surface area contributed by atoms with Crippen LogP contribution in [-0.2, 0) is 14.9 Å². The highest BCUT2D eigenvalue weighted by Crippen LogP contribution is 2.54. The highest BCUT2D eigenvalue weighted by Gasteiger charge is 2.49. The Morgan fingerprint density at radius 3 is 2.13 bits per heavy atom. The maximum atomic E-state index is 13.4. The van der Waals surface area contributed by atoms with Crippen LogP contribution in [0.4, 0.5) is 4.39 Å². The summed E-state index contributed by atoms with van der Waals surface area (Å²) in [6.45, 7) is 2.95. The summed E-state index contributed by atoms with van der Waals surface area (Å²) in [5.74, 6) is -0.0278. The number of carbonyl (C=O) groups is 1. The van der Waals surface area contributed by atoms with Crippen LogP contribution in [0.2, 0.25) is 0 Å². The standard InChI is InChI=1S/C19H24FNO2/c20-16-3-1-15(2-4-16)19(9-13-23-14-10-19)17(22)21-11-7-18(5-6-18)8-12-21/h1-4H,5-14H2. The molecule has 1 aromatic carbocycles. The monoisotopic (exact) mass is 317 g/mol. The van der Waals surface area contributed by atoms with Crippen LogP contribution in [0, 0.1) is 11.2 Å². The van der Waals surface area contributed by atoms with Crippen LogP contribution in [-0.4, -0.2) is 37.1 Å². The van der Waals surface area contributed by atoms with Gasteiger partial charge < -0.3 is 9.64 Å². The first kappa shape index (κ1) is 15.1. The fourth-order valence-electron chi connectivity index (χ4n) is 4.28. The van der Waals surface area contributed by atoms with Gasteiger partial charge in [0.25, 0.3) is 0 Å². The van der Waals surface area contributed by atoms with E-state index in [0.717, 1.165) is 31.5 Å². The normalized spacial score (nSPS) is 25.3. The van der Waals surface area contributed by atoms with Crippen molar-refractivity contribution in [2.24, 2.45) is 5.41 Å². The smallest absolute Gasteiger partial charge is 0.233 e. The molecule has 3 fully saturated rings. The van der Waals surface area contributed by atoms with Gasteiger partial charge in [0, 0.05) is 26.3 Å². The lowest BCUT2D eigenvalue weighted by Gasteiger charge is -2.42. The lowest BCUT2D eigenvalue weighted by atomic mass is 9.72. The molecular weight excluding hydrogens is 293 g/mol. The number of benzene rings is 1. The molecule has 3 aliphatic rings. The van der Waals surface area contributed by atoms with Crippen molar-refractivity contribution in [3.63, 3.8) is 0 Å². The Morgan fingerprint density at radius 2 is 1.57 bits per heavy atom. The predicted molar refractivity (Wildman–Crippen MR) is 85.6 cm³/mol. The summed E-state index contributed by atoms with van der Waals surface area (Å²) in [7, 11) is 0. The second kappa shape index (κ2) is 5.59. The number of piperidine rings is 1. The number of rotatable bonds is 2.